The van der Waals surface area contributed by atoms with Crippen LogP contribution in [0.3, 0.4) is 0 Å². The third-order valence-corrected chi connectivity index (χ3v) is 6.30. The number of carbonyl (C=O) groups excluding carboxylic acids is 2. The van der Waals surface area contributed by atoms with Crippen molar-refractivity contribution in [3.8, 4) is 0 Å². The molecule has 0 spiro atoms. The summed E-state index contributed by atoms with van der Waals surface area (Å²) in [5, 5.41) is 12.6. The van der Waals surface area contributed by atoms with Crippen LogP contribution < -0.4 is 5.32 Å². The molecule has 2 heterocycles. The summed E-state index contributed by atoms with van der Waals surface area (Å²) >= 11 is 0. The van der Waals surface area contributed by atoms with E-state index in [2.05, 4.69) is 24.1 Å². The number of benzene rings is 2. The zero-order valence-corrected chi connectivity index (χ0v) is 20.1. The maximum Gasteiger partial charge on any atom is 0.340 e. The highest BCUT2D eigenvalue weighted by molar-refractivity contribution is 6.06. The molecule has 0 aliphatic carbocycles. The normalized spacial score (nSPS) is 14.4. The molecule has 0 radical (unpaired) electrons. The first kappa shape index (κ1) is 24.3. The number of rotatable bonds is 7. The summed E-state index contributed by atoms with van der Waals surface area (Å²) in [6.45, 7) is 7.44. The van der Waals surface area contributed by atoms with Gasteiger partial charge in [0, 0.05) is 47.9 Å². The Hall–Kier alpha value is -3.78. The van der Waals surface area contributed by atoms with E-state index in [9.17, 15) is 19.5 Å². The van der Waals surface area contributed by atoms with Crippen molar-refractivity contribution in [2.24, 2.45) is 0 Å². The minimum Gasteiger partial charge on any atom is -0.478 e. The first-order chi connectivity index (χ1) is 16.8. The van der Waals surface area contributed by atoms with Gasteiger partial charge >= 0.3 is 11.9 Å². The Bertz CT molecular complexity index is 1290. The van der Waals surface area contributed by atoms with E-state index in [1.807, 2.05) is 24.3 Å². The van der Waals surface area contributed by atoms with Gasteiger partial charge in [-0.1, -0.05) is 31.2 Å². The van der Waals surface area contributed by atoms with Crippen LogP contribution in [-0.2, 0) is 22.5 Å². The molecule has 0 saturated heterocycles. The third kappa shape index (κ3) is 5.17. The van der Waals surface area contributed by atoms with Crippen molar-refractivity contribution in [1.29, 1.82) is 0 Å². The average molecular weight is 476 g/mol. The number of para-hydroxylation sites is 1. The maximum absolute atomic E-state index is 13.6. The number of nitrogens with one attached hydrogen (secondary N) is 1. The van der Waals surface area contributed by atoms with Crippen LogP contribution in [0.25, 0.3) is 10.9 Å². The van der Waals surface area contributed by atoms with Crippen LogP contribution in [0.15, 0.2) is 48.5 Å². The number of anilines is 1. The molecule has 1 aromatic heterocycles. The van der Waals surface area contributed by atoms with Crippen LogP contribution in [0.5, 0.6) is 0 Å². The Balaban J connectivity index is 1.63. The van der Waals surface area contributed by atoms with E-state index in [1.165, 1.54) is 12.1 Å². The first-order valence-corrected chi connectivity index (χ1v) is 11.8. The number of carboxylic acids is 1. The van der Waals surface area contributed by atoms with Gasteiger partial charge in [-0.2, -0.15) is 0 Å². The number of ether oxygens (including phenoxy) is 1. The number of pyridine rings is 1. The molecule has 1 atom stereocenters. The van der Waals surface area contributed by atoms with Crippen LogP contribution in [-0.4, -0.2) is 51.5 Å². The largest absolute Gasteiger partial charge is 0.478 e. The molecule has 4 rings (SSSR count). The number of carboxylic acid groups (broad SMARTS) is 1. The fourth-order valence-corrected chi connectivity index (χ4v) is 4.35. The van der Waals surface area contributed by atoms with Crippen LogP contribution in [0, 0.1) is 0 Å². The summed E-state index contributed by atoms with van der Waals surface area (Å²) in [7, 11) is 0. The van der Waals surface area contributed by atoms with E-state index >= 15 is 0 Å². The van der Waals surface area contributed by atoms with Crippen LogP contribution in [0.4, 0.5) is 5.69 Å². The van der Waals surface area contributed by atoms with E-state index in [-0.39, 0.29) is 12.0 Å². The monoisotopic (exact) mass is 475 g/mol. The van der Waals surface area contributed by atoms with Crippen molar-refractivity contribution in [3.05, 3.63) is 70.9 Å². The molecule has 8 heteroatoms. The Kier molecular flexibility index (Phi) is 7.12. The first-order valence-electron chi connectivity index (χ1n) is 11.8. The van der Waals surface area contributed by atoms with Crippen molar-refractivity contribution in [3.63, 3.8) is 0 Å². The van der Waals surface area contributed by atoms with Gasteiger partial charge in [0.15, 0.2) is 6.10 Å². The van der Waals surface area contributed by atoms with Gasteiger partial charge in [0.1, 0.15) is 0 Å². The van der Waals surface area contributed by atoms with E-state index in [0.717, 1.165) is 29.7 Å². The lowest BCUT2D eigenvalue weighted by Crippen LogP contribution is -2.38. The number of hydrogen-bond acceptors (Lipinski definition) is 6. The predicted molar refractivity (Wildman–Crippen MR) is 133 cm³/mol. The molecule has 1 unspecified atom stereocenters. The molecule has 0 fully saturated rings. The lowest BCUT2D eigenvalue weighted by atomic mass is 9.95. The highest BCUT2D eigenvalue weighted by Gasteiger charge is 2.30. The summed E-state index contributed by atoms with van der Waals surface area (Å²) < 4.78 is 5.75. The SMILES string of the molecule is CCC(OC(=O)c1c2c(nc3ccccc13)CCN(C(C)C)C2)C(=O)Nc1cccc(C(=O)O)c1. The molecule has 182 valence electrons. The van der Waals surface area contributed by atoms with E-state index in [0.29, 0.717) is 29.2 Å². The Labute approximate surface area is 203 Å². The van der Waals surface area contributed by atoms with Crippen molar-refractivity contribution >= 4 is 34.4 Å². The highest BCUT2D eigenvalue weighted by Crippen LogP contribution is 2.30. The fraction of sp³-hybridized carbons (Fsp3) is 0.333. The molecule has 1 aliphatic rings. The number of aromatic carboxylic acids is 1. The molecule has 0 bridgehead atoms. The molecule has 2 aromatic carbocycles. The number of esters is 1. The summed E-state index contributed by atoms with van der Waals surface area (Å²) in [6.07, 6.45) is -0.0428. The Morgan fingerprint density at radius 1 is 1.14 bits per heavy atom. The fourth-order valence-electron chi connectivity index (χ4n) is 4.35. The quantitative estimate of drug-likeness (QED) is 0.491. The summed E-state index contributed by atoms with van der Waals surface area (Å²) in [4.78, 5) is 44.8. The minimum absolute atomic E-state index is 0.0532. The van der Waals surface area contributed by atoms with Crippen LogP contribution in [0.2, 0.25) is 0 Å². The van der Waals surface area contributed by atoms with Gasteiger partial charge < -0.3 is 15.2 Å². The second-order valence-corrected chi connectivity index (χ2v) is 8.92. The molecule has 1 amide bonds. The Morgan fingerprint density at radius 3 is 2.63 bits per heavy atom. The van der Waals surface area contributed by atoms with Crippen molar-refractivity contribution < 1.29 is 24.2 Å². The molecule has 3 aromatic rings. The van der Waals surface area contributed by atoms with Gasteiger partial charge in [0.2, 0.25) is 0 Å². The smallest absolute Gasteiger partial charge is 0.340 e. The Morgan fingerprint density at radius 2 is 1.91 bits per heavy atom. The third-order valence-electron chi connectivity index (χ3n) is 6.30. The minimum atomic E-state index is -1.09. The topological polar surface area (TPSA) is 109 Å². The number of hydrogen-bond donors (Lipinski definition) is 2. The second kappa shape index (κ2) is 10.2. The standard InChI is InChI=1S/C27H29N3O5/c1-4-23(25(31)28-18-9-7-8-17(14-18)26(32)33)35-27(34)24-19-10-5-6-11-21(19)29-22-12-13-30(16(2)3)15-20(22)24/h5-11,14,16,23H,4,12-13,15H2,1-3H3,(H,28,31)(H,32,33). The van der Waals surface area contributed by atoms with Gasteiger partial charge in [-0.05, 0) is 44.5 Å². The molecule has 35 heavy (non-hydrogen) atoms. The number of fused-ring (bicyclic) bond motifs is 2. The van der Waals surface area contributed by atoms with E-state index in [4.69, 9.17) is 9.72 Å². The van der Waals surface area contributed by atoms with Crippen LogP contribution >= 0.6 is 0 Å². The van der Waals surface area contributed by atoms with Crippen molar-refractivity contribution in [2.75, 3.05) is 11.9 Å². The van der Waals surface area contributed by atoms with Gasteiger partial charge in [-0.3, -0.25) is 14.7 Å². The molecular formula is C27H29N3O5. The molecule has 1 aliphatic heterocycles. The van der Waals surface area contributed by atoms with Crippen molar-refractivity contribution in [1.82, 2.24) is 9.88 Å². The molecule has 2 N–H and O–H groups in total. The number of carbonyl (C=O) groups is 3. The molecule has 0 saturated carbocycles. The summed E-state index contributed by atoms with van der Waals surface area (Å²) in [6, 6.07) is 13.7. The predicted octanol–water partition coefficient (Wildman–Crippen LogP) is 4.27. The van der Waals surface area contributed by atoms with E-state index in [1.54, 1.807) is 19.1 Å². The lowest BCUT2D eigenvalue weighted by Gasteiger charge is -2.32. The zero-order valence-electron chi connectivity index (χ0n) is 20.1. The average Bonchev–Trinajstić information content (AvgIpc) is 2.85. The van der Waals surface area contributed by atoms with Gasteiger partial charge in [0.25, 0.3) is 5.91 Å². The highest BCUT2D eigenvalue weighted by atomic mass is 16.5. The number of amides is 1. The number of nitrogens with zero attached hydrogens (tertiary/aromatic N) is 2. The van der Waals surface area contributed by atoms with Crippen molar-refractivity contribution in [2.45, 2.75) is 52.3 Å². The summed E-state index contributed by atoms with van der Waals surface area (Å²) in [5.74, 6) is -2.17. The van der Waals surface area contributed by atoms with Gasteiger partial charge in [0.05, 0.1) is 16.6 Å². The summed E-state index contributed by atoms with van der Waals surface area (Å²) in [5.41, 5.74) is 3.28. The number of aromatic nitrogens is 1. The van der Waals surface area contributed by atoms with Gasteiger partial charge in [-0.25, -0.2) is 9.59 Å². The zero-order chi connectivity index (χ0) is 25.1. The second-order valence-electron chi connectivity index (χ2n) is 8.92. The lowest BCUT2D eigenvalue weighted by molar-refractivity contribution is -0.124. The maximum atomic E-state index is 13.6. The van der Waals surface area contributed by atoms with Gasteiger partial charge in [-0.15, -0.1) is 0 Å². The van der Waals surface area contributed by atoms with Crippen LogP contribution in [0.1, 0.15) is 59.2 Å². The molecule has 8 nitrogen and oxygen atoms in total. The molecular weight excluding hydrogens is 446 g/mol. The van der Waals surface area contributed by atoms with E-state index < -0.39 is 23.9 Å².